The van der Waals surface area contributed by atoms with Gasteiger partial charge in [-0.25, -0.2) is 0 Å². The van der Waals surface area contributed by atoms with Crippen molar-refractivity contribution in [1.82, 2.24) is 9.80 Å². The van der Waals surface area contributed by atoms with Gasteiger partial charge in [-0.3, -0.25) is 14.4 Å². The first kappa shape index (κ1) is 21.2. The topological polar surface area (TPSA) is 69.7 Å². The molecule has 2 aliphatic heterocycles. The molecular formula is C26H22ClN3O3. The number of benzene rings is 3. The van der Waals surface area contributed by atoms with E-state index in [9.17, 15) is 14.4 Å². The van der Waals surface area contributed by atoms with Crippen LogP contribution >= 0.6 is 11.6 Å². The number of anilines is 1. The number of nitrogens with zero attached hydrogens (tertiary/aromatic N) is 2. The van der Waals surface area contributed by atoms with Gasteiger partial charge >= 0.3 is 0 Å². The molecule has 0 spiro atoms. The van der Waals surface area contributed by atoms with Crippen molar-refractivity contribution >= 4 is 35.0 Å². The second kappa shape index (κ2) is 8.71. The summed E-state index contributed by atoms with van der Waals surface area (Å²) in [4.78, 5) is 42.5. The summed E-state index contributed by atoms with van der Waals surface area (Å²) < 4.78 is 0. The van der Waals surface area contributed by atoms with Crippen LogP contribution in [0.15, 0.2) is 72.8 Å². The lowest BCUT2D eigenvalue weighted by atomic mass is 10.0. The van der Waals surface area contributed by atoms with E-state index in [-0.39, 0.29) is 30.7 Å². The van der Waals surface area contributed by atoms with E-state index in [0.717, 1.165) is 16.7 Å². The minimum Gasteiger partial charge on any atom is -0.338 e. The standard InChI is InChI=1S/C26H22ClN3O3/c27-20-9-6-18(7-10-20)19-8-11-22-21(15-19)26(33)30-13-12-29(16-23(30)25(32)28-22)24(31)14-17-4-2-1-3-5-17/h1-11,15,23H,12-14,16H2,(H,28,32). The number of carbonyl (C=O) groups excluding carboxylic acids is 3. The molecule has 7 heteroatoms. The lowest BCUT2D eigenvalue weighted by Gasteiger charge is -2.39. The van der Waals surface area contributed by atoms with Crippen molar-refractivity contribution in [3.05, 3.63) is 88.9 Å². The third-order valence-electron chi connectivity index (χ3n) is 6.18. The highest BCUT2D eigenvalue weighted by molar-refractivity contribution is 6.30. The molecule has 0 bridgehead atoms. The van der Waals surface area contributed by atoms with E-state index in [2.05, 4.69) is 5.32 Å². The monoisotopic (exact) mass is 459 g/mol. The van der Waals surface area contributed by atoms with E-state index in [4.69, 9.17) is 11.6 Å². The van der Waals surface area contributed by atoms with Crippen LogP contribution in [0.5, 0.6) is 0 Å². The van der Waals surface area contributed by atoms with Crippen LogP contribution in [0.1, 0.15) is 15.9 Å². The lowest BCUT2D eigenvalue weighted by molar-refractivity contribution is -0.135. The maximum atomic E-state index is 13.4. The fourth-order valence-corrected chi connectivity index (χ4v) is 4.51. The normalized spacial score (nSPS) is 17.7. The minimum atomic E-state index is -0.725. The van der Waals surface area contributed by atoms with Gasteiger partial charge in [-0.05, 0) is 41.0 Å². The molecule has 0 aromatic heterocycles. The van der Waals surface area contributed by atoms with Crippen molar-refractivity contribution in [2.24, 2.45) is 0 Å². The van der Waals surface area contributed by atoms with Crippen LogP contribution in [0.25, 0.3) is 11.1 Å². The molecule has 2 aliphatic rings. The first-order chi connectivity index (χ1) is 16.0. The molecule has 1 saturated heterocycles. The van der Waals surface area contributed by atoms with Crippen LogP contribution in [0.4, 0.5) is 5.69 Å². The summed E-state index contributed by atoms with van der Waals surface area (Å²) in [5.74, 6) is -0.536. The Labute approximate surface area is 196 Å². The van der Waals surface area contributed by atoms with Gasteiger partial charge in [0, 0.05) is 18.1 Å². The first-order valence-corrected chi connectivity index (χ1v) is 11.2. The Balaban J connectivity index is 1.38. The summed E-state index contributed by atoms with van der Waals surface area (Å²) in [6.45, 7) is 0.886. The van der Waals surface area contributed by atoms with Crippen molar-refractivity contribution in [1.29, 1.82) is 0 Å². The summed E-state index contributed by atoms with van der Waals surface area (Å²) in [5.41, 5.74) is 3.65. The smallest absolute Gasteiger partial charge is 0.256 e. The Morgan fingerprint density at radius 2 is 1.67 bits per heavy atom. The molecule has 1 unspecified atom stereocenters. The summed E-state index contributed by atoms with van der Waals surface area (Å²) in [5, 5.41) is 3.53. The van der Waals surface area contributed by atoms with E-state index >= 15 is 0 Å². The summed E-state index contributed by atoms with van der Waals surface area (Å²) in [6, 6.07) is 21.6. The van der Waals surface area contributed by atoms with Gasteiger partial charge in [-0.1, -0.05) is 60.1 Å². The van der Waals surface area contributed by atoms with Crippen LogP contribution in [-0.2, 0) is 16.0 Å². The molecule has 166 valence electrons. The first-order valence-electron chi connectivity index (χ1n) is 10.8. The van der Waals surface area contributed by atoms with Crippen LogP contribution < -0.4 is 5.32 Å². The quantitative estimate of drug-likeness (QED) is 0.646. The van der Waals surface area contributed by atoms with Crippen molar-refractivity contribution in [3.8, 4) is 11.1 Å². The fraction of sp³-hybridized carbons (Fsp3) is 0.192. The minimum absolute atomic E-state index is 0.0483. The molecule has 0 saturated carbocycles. The summed E-state index contributed by atoms with van der Waals surface area (Å²) >= 11 is 5.99. The predicted molar refractivity (Wildman–Crippen MR) is 127 cm³/mol. The molecule has 1 fully saturated rings. The molecule has 6 nitrogen and oxygen atoms in total. The molecule has 0 radical (unpaired) electrons. The van der Waals surface area contributed by atoms with E-state index < -0.39 is 6.04 Å². The molecule has 1 atom stereocenters. The van der Waals surface area contributed by atoms with Crippen molar-refractivity contribution in [2.75, 3.05) is 25.0 Å². The number of halogens is 1. The molecule has 3 aromatic rings. The van der Waals surface area contributed by atoms with Gasteiger partial charge in [-0.15, -0.1) is 0 Å². The van der Waals surface area contributed by atoms with Crippen LogP contribution in [-0.4, -0.2) is 53.2 Å². The molecule has 0 aliphatic carbocycles. The number of amides is 3. The molecule has 33 heavy (non-hydrogen) atoms. The number of nitrogens with one attached hydrogen (secondary N) is 1. The zero-order chi connectivity index (χ0) is 22.9. The van der Waals surface area contributed by atoms with E-state index in [0.29, 0.717) is 29.4 Å². The number of hydrogen-bond donors (Lipinski definition) is 1. The van der Waals surface area contributed by atoms with Crippen LogP contribution in [0.3, 0.4) is 0 Å². The molecular weight excluding hydrogens is 438 g/mol. The average molecular weight is 460 g/mol. The zero-order valence-corrected chi connectivity index (χ0v) is 18.6. The van der Waals surface area contributed by atoms with Crippen LogP contribution in [0, 0.1) is 0 Å². The van der Waals surface area contributed by atoms with Crippen molar-refractivity contribution < 1.29 is 14.4 Å². The second-order valence-corrected chi connectivity index (χ2v) is 8.71. The SMILES string of the molecule is O=C1Nc2ccc(-c3ccc(Cl)cc3)cc2C(=O)N2CCN(C(=O)Cc3ccccc3)CC12. The van der Waals surface area contributed by atoms with Gasteiger partial charge < -0.3 is 15.1 Å². The van der Waals surface area contributed by atoms with Crippen molar-refractivity contribution in [2.45, 2.75) is 12.5 Å². The largest absolute Gasteiger partial charge is 0.338 e. The molecule has 2 heterocycles. The van der Waals surface area contributed by atoms with E-state index in [1.807, 2.05) is 48.5 Å². The number of fused-ring (bicyclic) bond motifs is 2. The maximum Gasteiger partial charge on any atom is 0.256 e. The Kier molecular flexibility index (Phi) is 5.60. The Morgan fingerprint density at radius 3 is 2.42 bits per heavy atom. The molecule has 5 rings (SSSR count). The van der Waals surface area contributed by atoms with E-state index in [1.54, 1.807) is 34.1 Å². The van der Waals surface area contributed by atoms with Gasteiger partial charge in [0.1, 0.15) is 6.04 Å². The third kappa shape index (κ3) is 4.22. The second-order valence-electron chi connectivity index (χ2n) is 8.27. The van der Waals surface area contributed by atoms with Gasteiger partial charge in [0.15, 0.2) is 0 Å². The number of piperazine rings is 1. The number of hydrogen-bond acceptors (Lipinski definition) is 3. The third-order valence-corrected chi connectivity index (χ3v) is 6.43. The number of carbonyl (C=O) groups is 3. The lowest BCUT2D eigenvalue weighted by Crippen LogP contribution is -2.59. The van der Waals surface area contributed by atoms with Gasteiger partial charge in [0.05, 0.1) is 24.2 Å². The Morgan fingerprint density at radius 1 is 0.939 bits per heavy atom. The zero-order valence-electron chi connectivity index (χ0n) is 17.8. The molecule has 3 amide bonds. The highest BCUT2D eigenvalue weighted by Gasteiger charge is 2.40. The van der Waals surface area contributed by atoms with Gasteiger partial charge in [0.25, 0.3) is 5.91 Å². The predicted octanol–water partition coefficient (Wildman–Crippen LogP) is 3.85. The van der Waals surface area contributed by atoms with Gasteiger partial charge in [0.2, 0.25) is 11.8 Å². The van der Waals surface area contributed by atoms with Gasteiger partial charge in [-0.2, -0.15) is 0 Å². The molecule has 3 aromatic carbocycles. The van der Waals surface area contributed by atoms with Crippen molar-refractivity contribution in [3.63, 3.8) is 0 Å². The maximum absolute atomic E-state index is 13.4. The summed E-state index contributed by atoms with van der Waals surface area (Å²) in [7, 11) is 0. The average Bonchev–Trinajstić information content (AvgIpc) is 2.94. The van der Waals surface area contributed by atoms with Crippen LogP contribution in [0.2, 0.25) is 5.02 Å². The Hall–Kier alpha value is -3.64. The summed E-state index contributed by atoms with van der Waals surface area (Å²) in [6.07, 6.45) is 0.272. The fourth-order valence-electron chi connectivity index (χ4n) is 4.38. The Bertz CT molecular complexity index is 1230. The van der Waals surface area contributed by atoms with E-state index in [1.165, 1.54) is 0 Å². The highest BCUT2D eigenvalue weighted by Crippen LogP contribution is 2.30. The number of rotatable bonds is 3. The highest BCUT2D eigenvalue weighted by atomic mass is 35.5. The molecule has 1 N–H and O–H groups in total.